The molecule has 1 aromatic carbocycles. The molecule has 0 spiro atoms. The Morgan fingerprint density at radius 2 is 2.05 bits per heavy atom. The van der Waals surface area contributed by atoms with E-state index < -0.39 is 5.97 Å². The molecule has 0 fully saturated rings. The highest BCUT2D eigenvalue weighted by atomic mass is 127. The van der Waals surface area contributed by atoms with Crippen LogP contribution in [0.2, 0.25) is 0 Å². The van der Waals surface area contributed by atoms with Crippen LogP contribution in [-0.2, 0) is 4.79 Å². The molecule has 0 aliphatic heterocycles. The van der Waals surface area contributed by atoms with E-state index in [1.165, 1.54) is 0 Å². The number of hydrogen-bond acceptors (Lipinski definition) is 2. The first-order valence-electron chi connectivity index (χ1n) is 6.02. The van der Waals surface area contributed by atoms with Gasteiger partial charge in [0.25, 0.3) is 0 Å². The van der Waals surface area contributed by atoms with Gasteiger partial charge in [0.1, 0.15) is 0 Å². The lowest BCUT2D eigenvalue weighted by molar-refractivity contribution is -0.137. The van der Waals surface area contributed by atoms with Crippen LogP contribution in [0.15, 0.2) is 18.2 Å². The van der Waals surface area contributed by atoms with Gasteiger partial charge in [-0.15, -0.1) is 0 Å². The molecule has 1 aromatic rings. The average Bonchev–Trinajstić information content (AvgIpc) is 2.34. The molecule has 19 heavy (non-hydrogen) atoms. The molecule has 5 nitrogen and oxygen atoms in total. The number of carboxylic acid groups (broad SMARTS) is 1. The van der Waals surface area contributed by atoms with Crippen LogP contribution >= 0.6 is 22.6 Å². The van der Waals surface area contributed by atoms with Crippen LogP contribution in [0, 0.1) is 10.5 Å². The average molecular weight is 376 g/mol. The minimum atomic E-state index is -0.807. The molecule has 3 N–H and O–H groups in total. The first kappa shape index (κ1) is 15.7. The summed E-state index contributed by atoms with van der Waals surface area (Å²) in [6.07, 6.45) is 1.36. The van der Waals surface area contributed by atoms with Crippen molar-refractivity contribution in [2.45, 2.75) is 26.2 Å². The number of amides is 2. The van der Waals surface area contributed by atoms with Gasteiger partial charge in [-0.1, -0.05) is 6.07 Å². The summed E-state index contributed by atoms with van der Waals surface area (Å²) in [5.74, 6) is -0.807. The van der Waals surface area contributed by atoms with Gasteiger partial charge in [-0.3, -0.25) is 4.79 Å². The van der Waals surface area contributed by atoms with Crippen molar-refractivity contribution in [3.05, 3.63) is 27.3 Å². The van der Waals surface area contributed by atoms with Crippen LogP contribution in [0.25, 0.3) is 0 Å². The normalized spacial score (nSPS) is 10.0. The van der Waals surface area contributed by atoms with Crippen molar-refractivity contribution in [1.82, 2.24) is 5.32 Å². The summed E-state index contributed by atoms with van der Waals surface area (Å²) in [7, 11) is 0. The maximum absolute atomic E-state index is 11.6. The van der Waals surface area contributed by atoms with E-state index in [2.05, 4.69) is 33.2 Å². The van der Waals surface area contributed by atoms with E-state index in [4.69, 9.17) is 5.11 Å². The Kier molecular flexibility index (Phi) is 6.61. The van der Waals surface area contributed by atoms with E-state index in [0.29, 0.717) is 19.4 Å². The van der Waals surface area contributed by atoms with Crippen LogP contribution in [0.4, 0.5) is 10.5 Å². The number of unbranched alkanes of at least 4 members (excludes halogenated alkanes) is 1. The first-order valence-corrected chi connectivity index (χ1v) is 7.10. The van der Waals surface area contributed by atoms with Gasteiger partial charge >= 0.3 is 12.0 Å². The molecule has 104 valence electrons. The van der Waals surface area contributed by atoms with Crippen molar-refractivity contribution in [2.24, 2.45) is 0 Å². The van der Waals surface area contributed by atoms with Gasteiger partial charge in [0, 0.05) is 22.2 Å². The van der Waals surface area contributed by atoms with Gasteiger partial charge < -0.3 is 15.7 Å². The second-order valence-corrected chi connectivity index (χ2v) is 5.31. The molecule has 0 radical (unpaired) electrons. The molecular formula is C13H17IN2O3. The SMILES string of the molecule is Cc1c(I)cccc1NC(=O)NCCCCC(=O)O. The van der Waals surface area contributed by atoms with Crippen LogP contribution in [0.5, 0.6) is 0 Å². The van der Waals surface area contributed by atoms with Gasteiger partial charge in [-0.2, -0.15) is 0 Å². The smallest absolute Gasteiger partial charge is 0.319 e. The number of carbonyl (C=O) groups excluding carboxylic acids is 1. The number of hydrogen-bond donors (Lipinski definition) is 3. The van der Waals surface area contributed by atoms with Crippen molar-refractivity contribution < 1.29 is 14.7 Å². The third-order valence-electron chi connectivity index (χ3n) is 2.62. The van der Waals surface area contributed by atoms with E-state index in [-0.39, 0.29) is 12.5 Å². The van der Waals surface area contributed by atoms with Crippen molar-refractivity contribution >= 4 is 40.3 Å². The number of benzene rings is 1. The maximum atomic E-state index is 11.6. The zero-order chi connectivity index (χ0) is 14.3. The zero-order valence-electron chi connectivity index (χ0n) is 10.7. The topological polar surface area (TPSA) is 78.4 Å². The lowest BCUT2D eigenvalue weighted by Crippen LogP contribution is -2.29. The molecular weight excluding hydrogens is 359 g/mol. The fourth-order valence-electron chi connectivity index (χ4n) is 1.51. The highest BCUT2D eigenvalue weighted by molar-refractivity contribution is 14.1. The van der Waals surface area contributed by atoms with Crippen molar-refractivity contribution in [3.8, 4) is 0 Å². The van der Waals surface area contributed by atoms with Crippen molar-refractivity contribution in [3.63, 3.8) is 0 Å². The lowest BCUT2D eigenvalue weighted by Gasteiger charge is -2.10. The highest BCUT2D eigenvalue weighted by Crippen LogP contribution is 2.19. The number of aliphatic carboxylic acids is 1. The third-order valence-corrected chi connectivity index (χ3v) is 3.79. The predicted octanol–water partition coefficient (Wildman–Crippen LogP) is 2.98. The summed E-state index contributed by atoms with van der Waals surface area (Å²) >= 11 is 2.22. The minimum Gasteiger partial charge on any atom is -0.481 e. The number of urea groups is 1. The summed E-state index contributed by atoms with van der Waals surface area (Å²) < 4.78 is 1.09. The number of nitrogens with one attached hydrogen (secondary N) is 2. The molecule has 0 saturated heterocycles. The van der Waals surface area contributed by atoms with Crippen molar-refractivity contribution in [1.29, 1.82) is 0 Å². The molecule has 0 unspecified atom stereocenters. The number of halogens is 1. The molecule has 6 heteroatoms. The summed E-state index contributed by atoms with van der Waals surface area (Å²) in [4.78, 5) is 21.9. The van der Waals surface area contributed by atoms with Crippen LogP contribution < -0.4 is 10.6 Å². The highest BCUT2D eigenvalue weighted by Gasteiger charge is 2.05. The Morgan fingerprint density at radius 1 is 1.32 bits per heavy atom. The van der Waals surface area contributed by atoms with Crippen LogP contribution in [-0.4, -0.2) is 23.7 Å². The second kappa shape index (κ2) is 7.98. The van der Waals surface area contributed by atoms with E-state index >= 15 is 0 Å². The molecule has 2 amide bonds. The van der Waals surface area contributed by atoms with E-state index in [0.717, 1.165) is 14.8 Å². The maximum Gasteiger partial charge on any atom is 0.319 e. The van der Waals surface area contributed by atoms with Gasteiger partial charge in [0.05, 0.1) is 0 Å². The summed E-state index contributed by atoms with van der Waals surface area (Å²) in [6, 6.07) is 5.45. The largest absolute Gasteiger partial charge is 0.481 e. The molecule has 0 aromatic heterocycles. The third kappa shape index (κ3) is 5.91. The Labute approximate surface area is 125 Å². The minimum absolute atomic E-state index is 0.138. The quantitative estimate of drug-likeness (QED) is 0.528. The molecule has 0 aliphatic carbocycles. The Balaban J connectivity index is 2.31. The molecule has 0 atom stereocenters. The van der Waals surface area contributed by atoms with Crippen molar-refractivity contribution in [2.75, 3.05) is 11.9 Å². The molecule has 1 rings (SSSR count). The van der Waals surface area contributed by atoms with Gasteiger partial charge in [-0.25, -0.2) is 4.79 Å². The summed E-state index contributed by atoms with van der Waals surface area (Å²) in [5.41, 5.74) is 1.82. The Morgan fingerprint density at radius 3 is 2.74 bits per heavy atom. The summed E-state index contributed by atoms with van der Waals surface area (Å²) in [5, 5.41) is 14.0. The number of anilines is 1. The van der Waals surface area contributed by atoms with Crippen LogP contribution in [0.3, 0.4) is 0 Å². The second-order valence-electron chi connectivity index (χ2n) is 4.14. The molecule has 0 heterocycles. The summed E-state index contributed by atoms with van der Waals surface area (Å²) in [6.45, 7) is 2.42. The van der Waals surface area contributed by atoms with Crippen LogP contribution in [0.1, 0.15) is 24.8 Å². The number of rotatable bonds is 6. The predicted molar refractivity (Wildman–Crippen MR) is 82.4 cm³/mol. The van der Waals surface area contributed by atoms with E-state index in [1.54, 1.807) is 0 Å². The first-order chi connectivity index (χ1) is 9.00. The molecule has 0 bridgehead atoms. The van der Waals surface area contributed by atoms with E-state index in [9.17, 15) is 9.59 Å². The lowest BCUT2D eigenvalue weighted by atomic mass is 10.2. The molecule has 0 aliphatic rings. The van der Waals surface area contributed by atoms with E-state index in [1.807, 2.05) is 25.1 Å². The fraction of sp³-hybridized carbons (Fsp3) is 0.385. The fourth-order valence-corrected chi connectivity index (χ4v) is 2.01. The van der Waals surface area contributed by atoms with Gasteiger partial charge in [0.15, 0.2) is 0 Å². The Bertz CT molecular complexity index is 463. The molecule has 0 saturated carbocycles. The van der Waals surface area contributed by atoms with Gasteiger partial charge in [0.2, 0.25) is 0 Å². The monoisotopic (exact) mass is 376 g/mol. The number of carbonyl (C=O) groups is 2. The van der Waals surface area contributed by atoms with Gasteiger partial charge in [-0.05, 0) is 60.1 Å². The zero-order valence-corrected chi connectivity index (χ0v) is 12.9. The number of carboxylic acids is 1. The Hall–Kier alpha value is -1.31. The standard InChI is InChI=1S/C13H17IN2O3/c1-9-10(14)5-4-6-11(9)16-13(19)15-8-3-2-7-12(17)18/h4-6H,2-3,7-8H2,1H3,(H,17,18)(H2,15,16,19).